The Labute approximate surface area is 132 Å². The van der Waals surface area contributed by atoms with Crippen molar-refractivity contribution < 1.29 is 0 Å². The molecule has 0 spiro atoms. The van der Waals surface area contributed by atoms with Crippen molar-refractivity contribution in [2.24, 2.45) is 0 Å². The first-order valence-electron chi connectivity index (χ1n) is 7.17. The van der Waals surface area contributed by atoms with Gasteiger partial charge in [-0.25, -0.2) is 0 Å². The molecule has 0 aliphatic rings. The number of hydrogen-bond donors (Lipinski definition) is 0. The molecule has 23 heavy (non-hydrogen) atoms. The molecule has 6 nitrogen and oxygen atoms in total. The normalized spacial score (nSPS) is 10.7. The highest BCUT2D eigenvalue weighted by atomic mass is 15.6. The lowest BCUT2D eigenvalue weighted by atomic mass is 10.2. The van der Waals surface area contributed by atoms with Gasteiger partial charge in [0.1, 0.15) is 6.07 Å². The topological polar surface area (TPSA) is 71.8 Å². The minimum Gasteiger partial charge on any atom is -0.322 e. The second-order valence-electron chi connectivity index (χ2n) is 5.14. The van der Waals surface area contributed by atoms with Gasteiger partial charge in [0.2, 0.25) is 5.82 Å². The van der Waals surface area contributed by atoms with Crippen molar-refractivity contribution in [1.82, 2.24) is 24.6 Å². The second-order valence-corrected chi connectivity index (χ2v) is 5.14. The Hall–Kier alpha value is -3.46. The molecule has 1 aromatic carbocycles. The first-order valence-corrected chi connectivity index (χ1v) is 7.17. The Morgan fingerprint density at radius 1 is 1.04 bits per heavy atom. The van der Waals surface area contributed by atoms with E-state index in [9.17, 15) is 5.26 Å². The summed E-state index contributed by atoms with van der Waals surface area (Å²) in [6.45, 7) is 0.407. The summed E-state index contributed by atoms with van der Waals surface area (Å²) in [6, 6.07) is 17.7. The fourth-order valence-corrected chi connectivity index (χ4v) is 2.59. The van der Waals surface area contributed by atoms with Gasteiger partial charge in [0.05, 0.1) is 17.6 Å². The molecule has 0 N–H and O–H groups in total. The van der Waals surface area contributed by atoms with Gasteiger partial charge in [0.25, 0.3) is 0 Å². The highest BCUT2D eigenvalue weighted by molar-refractivity contribution is 5.65. The van der Waals surface area contributed by atoms with Crippen LogP contribution in [0.1, 0.15) is 11.1 Å². The molecule has 0 aliphatic carbocycles. The van der Waals surface area contributed by atoms with Crippen LogP contribution in [0.5, 0.6) is 0 Å². The monoisotopic (exact) mass is 300 g/mol. The van der Waals surface area contributed by atoms with Crippen LogP contribution in [-0.2, 0) is 6.54 Å². The number of benzene rings is 1. The molecular weight excluding hydrogens is 288 g/mol. The van der Waals surface area contributed by atoms with Crippen molar-refractivity contribution in [2.75, 3.05) is 0 Å². The lowest BCUT2D eigenvalue weighted by Gasteiger charge is -1.96. The average molecular weight is 300 g/mol. The molecule has 0 amide bonds. The average Bonchev–Trinajstić information content (AvgIpc) is 3.20. The van der Waals surface area contributed by atoms with Crippen LogP contribution in [0.2, 0.25) is 0 Å². The molecular formula is C17H12N6. The molecule has 0 fully saturated rings. The summed E-state index contributed by atoms with van der Waals surface area (Å²) in [5, 5.41) is 22.0. The van der Waals surface area contributed by atoms with Gasteiger partial charge in [-0.2, -0.15) is 10.1 Å². The lowest BCUT2D eigenvalue weighted by molar-refractivity contribution is 0.572. The van der Waals surface area contributed by atoms with Crippen molar-refractivity contribution in [3.05, 3.63) is 72.1 Å². The van der Waals surface area contributed by atoms with E-state index in [1.54, 1.807) is 0 Å². The number of nitrogens with zero attached hydrogens (tertiary/aromatic N) is 6. The maximum Gasteiger partial charge on any atom is 0.204 e. The largest absolute Gasteiger partial charge is 0.322 e. The van der Waals surface area contributed by atoms with E-state index in [2.05, 4.69) is 21.5 Å². The van der Waals surface area contributed by atoms with Crippen LogP contribution < -0.4 is 0 Å². The van der Waals surface area contributed by atoms with Gasteiger partial charge < -0.3 is 4.40 Å². The Morgan fingerprint density at radius 3 is 2.70 bits per heavy atom. The molecule has 0 unspecified atom stereocenters. The van der Waals surface area contributed by atoms with E-state index in [1.807, 2.05) is 65.3 Å². The molecule has 4 aromatic rings. The van der Waals surface area contributed by atoms with Gasteiger partial charge in [-0.1, -0.05) is 36.4 Å². The quantitative estimate of drug-likeness (QED) is 0.583. The minimum atomic E-state index is 0.407. The predicted molar refractivity (Wildman–Crippen MR) is 84.5 cm³/mol. The van der Waals surface area contributed by atoms with Crippen molar-refractivity contribution in [3.8, 4) is 17.5 Å². The number of nitriles is 1. The number of aromatic nitrogens is 5. The maximum absolute atomic E-state index is 9.44. The van der Waals surface area contributed by atoms with Crippen LogP contribution >= 0.6 is 0 Å². The van der Waals surface area contributed by atoms with Crippen LogP contribution in [0, 0.1) is 11.3 Å². The highest BCUT2D eigenvalue weighted by Crippen LogP contribution is 2.19. The van der Waals surface area contributed by atoms with Crippen LogP contribution in [0.4, 0.5) is 0 Å². The smallest absolute Gasteiger partial charge is 0.204 e. The van der Waals surface area contributed by atoms with Crippen molar-refractivity contribution in [3.63, 3.8) is 0 Å². The minimum absolute atomic E-state index is 0.407. The summed E-state index contributed by atoms with van der Waals surface area (Å²) in [5.74, 6) is 0.577. The fraction of sp³-hybridized carbons (Fsp3) is 0.0588. The maximum atomic E-state index is 9.44. The summed E-state index contributed by atoms with van der Waals surface area (Å²) in [7, 11) is 0. The van der Waals surface area contributed by atoms with E-state index in [0.717, 1.165) is 16.6 Å². The van der Waals surface area contributed by atoms with Gasteiger partial charge in [0, 0.05) is 23.5 Å². The molecule has 0 aliphatic heterocycles. The Bertz CT molecular complexity index is 1010. The van der Waals surface area contributed by atoms with Crippen molar-refractivity contribution in [1.29, 1.82) is 5.26 Å². The third-order valence-corrected chi connectivity index (χ3v) is 3.67. The third-order valence-electron chi connectivity index (χ3n) is 3.67. The molecule has 6 heteroatoms. The molecule has 0 radical (unpaired) electrons. The summed E-state index contributed by atoms with van der Waals surface area (Å²) in [5.41, 5.74) is 3.31. The van der Waals surface area contributed by atoms with Crippen LogP contribution in [0.15, 0.2) is 60.9 Å². The summed E-state index contributed by atoms with van der Waals surface area (Å²) in [4.78, 5) is 1.51. The van der Waals surface area contributed by atoms with Gasteiger partial charge in [-0.15, -0.1) is 10.2 Å². The lowest BCUT2D eigenvalue weighted by Crippen LogP contribution is -2.04. The number of hydrogen-bond acceptors (Lipinski definition) is 4. The van der Waals surface area contributed by atoms with Crippen LogP contribution in [-0.4, -0.2) is 24.6 Å². The fourth-order valence-electron chi connectivity index (χ4n) is 2.59. The summed E-state index contributed by atoms with van der Waals surface area (Å²) < 4.78 is 1.93. The standard InChI is InChI=1S/C17H12N6/c18-10-15-14(11-22-9-5-4-8-16(15)22)12-23-20-17(19-21-23)13-6-2-1-3-7-13/h1-9,11H,12H2. The first kappa shape index (κ1) is 13.2. The Kier molecular flexibility index (Phi) is 3.10. The molecule has 0 saturated heterocycles. The van der Waals surface area contributed by atoms with Crippen LogP contribution in [0.25, 0.3) is 16.9 Å². The van der Waals surface area contributed by atoms with E-state index in [1.165, 1.54) is 4.80 Å². The van der Waals surface area contributed by atoms with Gasteiger partial charge >= 0.3 is 0 Å². The van der Waals surface area contributed by atoms with Gasteiger partial charge in [-0.05, 0) is 17.3 Å². The zero-order valence-electron chi connectivity index (χ0n) is 12.2. The van der Waals surface area contributed by atoms with Crippen molar-refractivity contribution in [2.45, 2.75) is 6.54 Å². The van der Waals surface area contributed by atoms with Gasteiger partial charge in [0.15, 0.2) is 0 Å². The van der Waals surface area contributed by atoms with E-state index < -0.39 is 0 Å². The predicted octanol–water partition coefficient (Wildman–Crippen LogP) is 2.51. The Balaban J connectivity index is 1.69. The second kappa shape index (κ2) is 5.39. The zero-order valence-corrected chi connectivity index (χ0v) is 12.2. The molecule has 0 bridgehead atoms. The molecule has 0 saturated carbocycles. The molecule has 0 atom stereocenters. The summed E-state index contributed by atoms with van der Waals surface area (Å²) in [6.07, 6.45) is 3.85. The summed E-state index contributed by atoms with van der Waals surface area (Å²) >= 11 is 0. The van der Waals surface area contributed by atoms with Gasteiger partial charge in [-0.3, -0.25) is 0 Å². The number of pyridine rings is 1. The molecule has 110 valence electrons. The van der Waals surface area contributed by atoms with Crippen molar-refractivity contribution >= 4 is 5.52 Å². The highest BCUT2D eigenvalue weighted by Gasteiger charge is 2.12. The number of tetrazole rings is 1. The number of fused-ring (bicyclic) bond motifs is 1. The van der Waals surface area contributed by atoms with E-state index in [4.69, 9.17) is 0 Å². The molecule has 3 aromatic heterocycles. The molecule has 3 heterocycles. The third kappa shape index (κ3) is 2.34. The van der Waals surface area contributed by atoms with Crippen LogP contribution in [0.3, 0.4) is 0 Å². The zero-order chi connectivity index (χ0) is 15.6. The SMILES string of the molecule is N#Cc1c(Cn2nnc(-c3ccccc3)n2)cn2ccccc12. The first-order chi connectivity index (χ1) is 11.3. The van der Waals surface area contributed by atoms with E-state index >= 15 is 0 Å². The van der Waals surface area contributed by atoms with E-state index in [0.29, 0.717) is 17.9 Å². The molecule has 4 rings (SSSR count). The van der Waals surface area contributed by atoms with E-state index in [-0.39, 0.29) is 0 Å². The Morgan fingerprint density at radius 2 is 1.87 bits per heavy atom. The number of rotatable bonds is 3.